The first-order valence-electron chi connectivity index (χ1n) is 8.78. The van der Waals surface area contributed by atoms with Crippen molar-refractivity contribution in [3.63, 3.8) is 0 Å². The lowest BCUT2D eigenvalue weighted by Crippen LogP contribution is -2.46. The Balaban J connectivity index is 1.89. The standard InChI is InChI=1S/C19H28N2O3/c1-3-17(13-20-19(23)24-2)18(22)21-11-7-10-16(14-21)12-15-8-5-4-6-9-15/h4-6,8-9,16-17H,3,7,10-14H2,1-2H3,(H,20,23)/t16-,17+/m0/s1. The first-order valence-corrected chi connectivity index (χ1v) is 8.78. The summed E-state index contributed by atoms with van der Waals surface area (Å²) in [6.45, 7) is 3.94. The lowest BCUT2D eigenvalue weighted by atomic mass is 9.90. The third-order valence-corrected chi connectivity index (χ3v) is 4.72. The molecule has 0 unspecified atom stereocenters. The molecule has 1 aromatic carbocycles. The van der Waals surface area contributed by atoms with Gasteiger partial charge >= 0.3 is 6.09 Å². The van der Waals surface area contributed by atoms with Gasteiger partial charge in [0.15, 0.2) is 0 Å². The number of methoxy groups -OCH3 is 1. The average Bonchev–Trinajstić information content (AvgIpc) is 2.62. The van der Waals surface area contributed by atoms with Crippen molar-refractivity contribution in [3.05, 3.63) is 35.9 Å². The minimum Gasteiger partial charge on any atom is -0.453 e. The SMILES string of the molecule is CC[C@H](CNC(=O)OC)C(=O)N1CCC[C@@H](Cc2ccccc2)C1. The van der Waals surface area contributed by atoms with Crippen LogP contribution in [-0.4, -0.2) is 43.6 Å². The van der Waals surface area contributed by atoms with Crippen molar-refractivity contribution in [3.8, 4) is 0 Å². The molecule has 1 aliphatic rings. The molecule has 2 amide bonds. The maximum absolute atomic E-state index is 12.8. The summed E-state index contributed by atoms with van der Waals surface area (Å²) in [5.41, 5.74) is 1.33. The number of benzene rings is 1. The Morgan fingerprint density at radius 2 is 2.08 bits per heavy atom. The van der Waals surface area contributed by atoms with Crippen molar-refractivity contribution in [2.45, 2.75) is 32.6 Å². The van der Waals surface area contributed by atoms with Crippen LogP contribution in [0.4, 0.5) is 4.79 Å². The van der Waals surface area contributed by atoms with Gasteiger partial charge in [0.05, 0.1) is 13.0 Å². The molecule has 2 atom stereocenters. The molecule has 0 bridgehead atoms. The fourth-order valence-corrected chi connectivity index (χ4v) is 3.32. The molecular formula is C19H28N2O3. The van der Waals surface area contributed by atoms with Crippen molar-refractivity contribution in [2.24, 2.45) is 11.8 Å². The maximum Gasteiger partial charge on any atom is 0.406 e. The van der Waals surface area contributed by atoms with Gasteiger partial charge in [-0.1, -0.05) is 37.3 Å². The Morgan fingerprint density at radius 3 is 2.75 bits per heavy atom. The number of carbonyl (C=O) groups is 2. The molecule has 1 saturated heterocycles. The van der Waals surface area contributed by atoms with E-state index < -0.39 is 6.09 Å². The number of nitrogens with one attached hydrogen (secondary N) is 1. The average molecular weight is 332 g/mol. The van der Waals surface area contributed by atoms with Crippen molar-refractivity contribution >= 4 is 12.0 Å². The molecule has 0 saturated carbocycles. The van der Waals surface area contributed by atoms with Gasteiger partial charge in [0.1, 0.15) is 0 Å². The Bertz CT molecular complexity index is 533. The Hall–Kier alpha value is -2.04. The second-order valence-corrected chi connectivity index (χ2v) is 6.46. The molecule has 5 nitrogen and oxygen atoms in total. The first-order chi connectivity index (χ1) is 11.6. The van der Waals surface area contributed by atoms with Gasteiger partial charge in [-0.3, -0.25) is 4.79 Å². The summed E-state index contributed by atoms with van der Waals surface area (Å²) in [7, 11) is 1.33. The number of likely N-dealkylation sites (tertiary alicyclic amines) is 1. The van der Waals surface area contributed by atoms with Gasteiger partial charge in [0.25, 0.3) is 0 Å². The van der Waals surface area contributed by atoms with E-state index in [0.717, 1.165) is 32.4 Å². The summed E-state index contributed by atoms with van der Waals surface area (Å²) in [5.74, 6) is 0.474. The molecule has 1 fully saturated rings. The molecule has 0 radical (unpaired) electrons. The van der Waals surface area contributed by atoms with Crippen molar-refractivity contribution in [2.75, 3.05) is 26.7 Å². The highest BCUT2D eigenvalue weighted by atomic mass is 16.5. The predicted molar refractivity (Wildman–Crippen MR) is 93.6 cm³/mol. The number of piperidine rings is 1. The fraction of sp³-hybridized carbons (Fsp3) is 0.579. The second kappa shape index (κ2) is 9.30. The van der Waals surface area contributed by atoms with Gasteiger partial charge in [-0.15, -0.1) is 0 Å². The number of hydrogen-bond acceptors (Lipinski definition) is 3. The summed E-state index contributed by atoms with van der Waals surface area (Å²) < 4.78 is 4.58. The molecule has 1 aliphatic heterocycles. The van der Waals surface area contributed by atoms with E-state index in [-0.39, 0.29) is 11.8 Å². The van der Waals surface area contributed by atoms with Crippen LogP contribution in [0, 0.1) is 11.8 Å². The highest BCUT2D eigenvalue weighted by Crippen LogP contribution is 2.22. The van der Waals surface area contributed by atoms with Gasteiger partial charge in [0, 0.05) is 19.6 Å². The van der Waals surface area contributed by atoms with E-state index >= 15 is 0 Å². The van der Waals surface area contributed by atoms with Crippen LogP contribution in [0.3, 0.4) is 0 Å². The summed E-state index contributed by atoms with van der Waals surface area (Å²) in [4.78, 5) is 26.0. The minimum atomic E-state index is -0.484. The van der Waals surface area contributed by atoms with Gasteiger partial charge in [-0.05, 0) is 37.2 Å². The van der Waals surface area contributed by atoms with E-state index in [2.05, 4.69) is 34.3 Å². The third-order valence-electron chi connectivity index (χ3n) is 4.72. The lowest BCUT2D eigenvalue weighted by Gasteiger charge is -2.35. The third kappa shape index (κ3) is 5.25. The zero-order valence-electron chi connectivity index (χ0n) is 14.7. The summed E-state index contributed by atoms with van der Waals surface area (Å²) in [6, 6.07) is 10.4. The molecule has 0 aromatic heterocycles. The second-order valence-electron chi connectivity index (χ2n) is 6.46. The highest BCUT2D eigenvalue weighted by molar-refractivity contribution is 5.80. The number of alkyl carbamates (subject to hydrolysis) is 1. The highest BCUT2D eigenvalue weighted by Gasteiger charge is 2.28. The van der Waals surface area contributed by atoms with Crippen LogP contribution in [0.15, 0.2) is 30.3 Å². The van der Waals surface area contributed by atoms with E-state index in [1.807, 2.05) is 17.9 Å². The van der Waals surface area contributed by atoms with Crippen LogP contribution in [0.1, 0.15) is 31.7 Å². The molecule has 24 heavy (non-hydrogen) atoms. The number of nitrogens with zero attached hydrogens (tertiary/aromatic N) is 1. The lowest BCUT2D eigenvalue weighted by molar-refractivity contribution is -0.137. The van der Waals surface area contributed by atoms with Crippen LogP contribution in [0.2, 0.25) is 0 Å². The van der Waals surface area contributed by atoms with E-state index in [1.165, 1.54) is 12.7 Å². The number of carbonyl (C=O) groups excluding carboxylic acids is 2. The molecule has 5 heteroatoms. The Labute approximate surface area is 144 Å². The van der Waals surface area contributed by atoms with Gasteiger partial charge in [-0.25, -0.2) is 4.79 Å². The summed E-state index contributed by atoms with van der Waals surface area (Å²) in [6.07, 6.45) is 3.45. The number of hydrogen-bond donors (Lipinski definition) is 1. The van der Waals surface area contributed by atoms with Crippen molar-refractivity contribution in [1.82, 2.24) is 10.2 Å². The molecule has 0 aliphatic carbocycles. The van der Waals surface area contributed by atoms with Crippen LogP contribution in [-0.2, 0) is 16.0 Å². The topological polar surface area (TPSA) is 58.6 Å². The van der Waals surface area contributed by atoms with Gasteiger partial charge in [-0.2, -0.15) is 0 Å². The van der Waals surface area contributed by atoms with Gasteiger partial charge < -0.3 is 15.0 Å². The fourth-order valence-electron chi connectivity index (χ4n) is 3.32. The molecular weight excluding hydrogens is 304 g/mol. The molecule has 0 spiro atoms. The van der Waals surface area contributed by atoms with Crippen LogP contribution >= 0.6 is 0 Å². The summed E-state index contributed by atoms with van der Waals surface area (Å²) >= 11 is 0. The normalized spacial score (nSPS) is 18.8. The number of ether oxygens (including phenoxy) is 1. The van der Waals surface area contributed by atoms with E-state index in [4.69, 9.17) is 0 Å². The number of rotatable bonds is 6. The molecule has 2 rings (SSSR count). The Kier molecular flexibility index (Phi) is 7.09. The zero-order chi connectivity index (χ0) is 17.4. The number of amides is 2. The van der Waals surface area contributed by atoms with Crippen LogP contribution < -0.4 is 5.32 Å². The maximum atomic E-state index is 12.8. The van der Waals surface area contributed by atoms with Crippen LogP contribution in [0.25, 0.3) is 0 Å². The predicted octanol–water partition coefficient (Wildman–Crippen LogP) is 2.85. The zero-order valence-corrected chi connectivity index (χ0v) is 14.7. The van der Waals surface area contributed by atoms with Crippen molar-refractivity contribution in [1.29, 1.82) is 0 Å². The van der Waals surface area contributed by atoms with E-state index in [0.29, 0.717) is 18.9 Å². The van der Waals surface area contributed by atoms with Crippen molar-refractivity contribution < 1.29 is 14.3 Å². The smallest absolute Gasteiger partial charge is 0.406 e. The van der Waals surface area contributed by atoms with Gasteiger partial charge in [0.2, 0.25) is 5.91 Å². The molecule has 132 valence electrons. The monoisotopic (exact) mass is 332 g/mol. The Morgan fingerprint density at radius 1 is 1.33 bits per heavy atom. The van der Waals surface area contributed by atoms with Crippen LogP contribution in [0.5, 0.6) is 0 Å². The summed E-state index contributed by atoms with van der Waals surface area (Å²) in [5, 5.41) is 2.65. The largest absolute Gasteiger partial charge is 0.453 e. The minimum absolute atomic E-state index is 0.145. The van der Waals surface area contributed by atoms with E-state index in [9.17, 15) is 9.59 Å². The van der Waals surface area contributed by atoms with E-state index in [1.54, 1.807) is 0 Å². The molecule has 1 N–H and O–H groups in total. The first kappa shape index (κ1) is 18.3. The molecule has 1 heterocycles. The molecule has 1 aromatic rings. The quantitative estimate of drug-likeness (QED) is 0.871.